The number of para-hydroxylation sites is 1. The van der Waals surface area contributed by atoms with Crippen molar-refractivity contribution in [2.75, 3.05) is 26.7 Å². The molecule has 5 heteroatoms. The number of carbonyl (C=O) groups excluding carboxylic acids is 1. The highest BCUT2D eigenvalue weighted by molar-refractivity contribution is 7.18. The van der Waals surface area contributed by atoms with Crippen LogP contribution in [0.1, 0.15) is 37.6 Å². The van der Waals surface area contributed by atoms with Gasteiger partial charge in [0.05, 0.1) is 29.2 Å². The lowest BCUT2D eigenvalue weighted by atomic mass is 9.98. The van der Waals surface area contributed by atoms with Crippen LogP contribution in [0, 0.1) is 0 Å². The van der Waals surface area contributed by atoms with Crippen LogP contribution in [0.4, 0.5) is 0 Å². The van der Waals surface area contributed by atoms with Crippen molar-refractivity contribution in [1.82, 2.24) is 9.88 Å². The van der Waals surface area contributed by atoms with Gasteiger partial charge in [0.2, 0.25) is 0 Å². The van der Waals surface area contributed by atoms with Crippen molar-refractivity contribution < 1.29 is 9.69 Å². The van der Waals surface area contributed by atoms with Gasteiger partial charge in [-0.25, -0.2) is 4.98 Å². The summed E-state index contributed by atoms with van der Waals surface area (Å²) in [7, 11) is 1.90. The van der Waals surface area contributed by atoms with Gasteiger partial charge in [-0.1, -0.05) is 12.1 Å². The van der Waals surface area contributed by atoms with Crippen LogP contribution in [0.15, 0.2) is 24.3 Å². The quantitative estimate of drug-likeness (QED) is 0.929. The Morgan fingerprint density at radius 3 is 2.96 bits per heavy atom. The summed E-state index contributed by atoms with van der Waals surface area (Å²) in [6.07, 6.45) is 2.37. The molecule has 124 valence electrons. The second-order valence-corrected chi connectivity index (χ2v) is 7.90. The smallest absolute Gasteiger partial charge is 0.277 e. The Hall–Kier alpha value is -1.46. The first-order valence-corrected chi connectivity index (χ1v) is 9.31. The minimum Gasteiger partial charge on any atom is -0.338 e. The van der Waals surface area contributed by atoms with Crippen molar-refractivity contribution in [3.05, 3.63) is 29.3 Å². The van der Waals surface area contributed by atoms with Crippen molar-refractivity contribution >= 4 is 27.5 Å². The maximum Gasteiger partial charge on any atom is 0.277 e. The number of piperidine rings is 1. The summed E-state index contributed by atoms with van der Waals surface area (Å²) in [5.41, 5.74) is 1.11. The molecular weight excluding hydrogens is 306 g/mol. The van der Waals surface area contributed by atoms with E-state index in [1.165, 1.54) is 27.4 Å². The molecule has 1 aliphatic heterocycles. The van der Waals surface area contributed by atoms with Crippen LogP contribution in [-0.2, 0) is 4.79 Å². The monoisotopic (exact) mass is 332 g/mol. The molecule has 1 unspecified atom stereocenters. The van der Waals surface area contributed by atoms with Gasteiger partial charge in [-0.3, -0.25) is 4.79 Å². The van der Waals surface area contributed by atoms with Crippen LogP contribution >= 0.6 is 11.3 Å². The van der Waals surface area contributed by atoms with E-state index in [9.17, 15) is 4.79 Å². The standard InChI is InChI=1S/C18H25N3OS/c1-13(2)20(3)17(22)12-21-10-6-7-14(11-21)18-19-15-8-4-5-9-16(15)23-18/h4-5,8-9,13-14H,6-7,10-12H2,1-3H3/p+1/t14-/m0/s1. The third kappa shape index (κ3) is 3.72. The molecule has 1 aliphatic rings. The maximum atomic E-state index is 12.3. The molecule has 0 spiro atoms. The third-order valence-electron chi connectivity index (χ3n) is 4.85. The van der Waals surface area contributed by atoms with E-state index in [-0.39, 0.29) is 11.9 Å². The van der Waals surface area contributed by atoms with Gasteiger partial charge in [-0.15, -0.1) is 11.3 Å². The molecule has 1 fully saturated rings. The highest BCUT2D eigenvalue weighted by Gasteiger charge is 2.29. The number of thiazole rings is 1. The molecule has 1 amide bonds. The number of aromatic nitrogens is 1. The van der Waals surface area contributed by atoms with Crippen LogP contribution in [0.2, 0.25) is 0 Å². The summed E-state index contributed by atoms with van der Waals surface area (Å²) in [5, 5.41) is 1.24. The van der Waals surface area contributed by atoms with Crippen LogP contribution < -0.4 is 4.90 Å². The fourth-order valence-corrected chi connectivity index (χ4v) is 4.32. The molecule has 2 aromatic rings. The molecule has 1 saturated heterocycles. The lowest BCUT2D eigenvalue weighted by Crippen LogP contribution is -3.14. The van der Waals surface area contributed by atoms with Gasteiger partial charge in [-0.05, 0) is 38.8 Å². The van der Waals surface area contributed by atoms with Gasteiger partial charge in [0, 0.05) is 13.1 Å². The largest absolute Gasteiger partial charge is 0.338 e. The lowest BCUT2D eigenvalue weighted by Gasteiger charge is -2.30. The van der Waals surface area contributed by atoms with Gasteiger partial charge in [0.25, 0.3) is 5.91 Å². The average Bonchev–Trinajstić information content (AvgIpc) is 2.98. The van der Waals surface area contributed by atoms with E-state index in [1.807, 2.05) is 29.4 Å². The van der Waals surface area contributed by atoms with E-state index >= 15 is 0 Å². The van der Waals surface area contributed by atoms with E-state index in [1.54, 1.807) is 0 Å². The number of rotatable bonds is 4. The van der Waals surface area contributed by atoms with Crippen LogP contribution in [0.25, 0.3) is 10.2 Å². The lowest BCUT2D eigenvalue weighted by molar-refractivity contribution is -0.898. The minimum absolute atomic E-state index is 0.250. The highest BCUT2D eigenvalue weighted by Crippen LogP contribution is 2.30. The zero-order valence-electron chi connectivity index (χ0n) is 14.2. The molecule has 23 heavy (non-hydrogen) atoms. The van der Waals surface area contributed by atoms with Crippen molar-refractivity contribution in [2.24, 2.45) is 0 Å². The predicted molar refractivity (Wildman–Crippen MR) is 95.1 cm³/mol. The van der Waals surface area contributed by atoms with Crippen LogP contribution in [-0.4, -0.2) is 48.5 Å². The summed E-state index contributed by atoms with van der Waals surface area (Å²) in [4.78, 5) is 20.4. The number of likely N-dealkylation sites (tertiary alicyclic amines) is 1. The normalized spacial score (nSPS) is 21.7. The molecule has 1 aromatic carbocycles. The van der Waals surface area contributed by atoms with Crippen molar-refractivity contribution in [3.63, 3.8) is 0 Å². The summed E-state index contributed by atoms with van der Waals surface area (Å²) in [5.74, 6) is 0.744. The van der Waals surface area contributed by atoms with E-state index in [4.69, 9.17) is 4.98 Å². The van der Waals surface area contributed by atoms with Crippen LogP contribution in [0.3, 0.4) is 0 Å². The van der Waals surface area contributed by atoms with Gasteiger partial charge in [0.1, 0.15) is 5.01 Å². The van der Waals surface area contributed by atoms with Gasteiger partial charge < -0.3 is 9.80 Å². The third-order valence-corrected chi connectivity index (χ3v) is 6.05. The van der Waals surface area contributed by atoms with Gasteiger partial charge in [-0.2, -0.15) is 0 Å². The zero-order chi connectivity index (χ0) is 16.4. The number of fused-ring (bicyclic) bond motifs is 1. The van der Waals surface area contributed by atoms with E-state index < -0.39 is 0 Å². The summed E-state index contributed by atoms with van der Waals surface area (Å²) < 4.78 is 1.27. The van der Waals surface area contributed by atoms with Crippen molar-refractivity contribution in [2.45, 2.75) is 38.6 Å². The number of hydrogen-bond donors (Lipinski definition) is 1. The molecule has 4 nitrogen and oxygen atoms in total. The Kier molecular flexibility index (Phi) is 4.97. The molecule has 0 bridgehead atoms. The summed E-state index contributed by atoms with van der Waals surface area (Å²) >= 11 is 1.82. The number of carbonyl (C=O) groups is 1. The zero-order valence-corrected chi connectivity index (χ0v) is 15.0. The Morgan fingerprint density at radius 1 is 1.43 bits per heavy atom. The van der Waals surface area contributed by atoms with E-state index in [0.717, 1.165) is 18.6 Å². The van der Waals surface area contributed by atoms with Crippen LogP contribution in [0.5, 0.6) is 0 Å². The number of benzene rings is 1. The number of nitrogens with zero attached hydrogens (tertiary/aromatic N) is 2. The topological polar surface area (TPSA) is 37.6 Å². The Morgan fingerprint density at radius 2 is 2.22 bits per heavy atom. The maximum absolute atomic E-state index is 12.3. The molecule has 0 aliphatic carbocycles. The Balaban J connectivity index is 1.67. The first kappa shape index (κ1) is 16.4. The number of quaternary nitrogens is 1. The minimum atomic E-state index is 0.250. The first-order valence-electron chi connectivity index (χ1n) is 8.49. The number of amides is 1. The molecule has 1 N–H and O–H groups in total. The molecule has 0 saturated carbocycles. The number of likely N-dealkylation sites (N-methyl/N-ethyl adjacent to an activating group) is 1. The second-order valence-electron chi connectivity index (χ2n) is 6.84. The van der Waals surface area contributed by atoms with Gasteiger partial charge >= 0.3 is 0 Å². The van der Waals surface area contributed by atoms with Crippen molar-refractivity contribution in [3.8, 4) is 0 Å². The Labute approximate surface area is 142 Å². The fraction of sp³-hybridized carbons (Fsp3) is 0.556. The number of nitrogens with one attached hydrogen (secondary N) is 1. The first-order chi connectivity index (χ1) is 11.0. The Bertz CT molecular complexity index is 649. The summed E-state index contributed by atoms with van der Waals surface area (Å²) in [6.45, 7) is 6.85. The molecule has 2 atom stereocenters. The van der Waals surface area contributed by atoms with Gasteiger partial charge in [0.15, 0.2) is 6.54 Å². The molecule has 2 heterocycles. The molecule has 3 rings (SSSR count). The highest BCUT2D eigenvalue weighted by atomic mass is 32.1. The van der Waals surface area contributed by atoms with Crippen molar-refractivity contribution in [1.29, 1.82) is 0 Å². The summed E-state index contributed by atoms with van der Waals surface area (Å²) in [6, 6.07) is 8.62. The molecule has 1 aromatic heterocycles. The second kappa shape index (κ2) is 6.97. The SMILES string of the molecule is CC(C)N(C)C(=O)C[NH+]1CCC[C@H](c2nc3ccccc3s2)C1. The molecular formula is C18H26N3OS+. The average molecular weight is 332 g/mol. The number of hydrogen-bond acceptors (Lipinski definition) is 3. The molecule has 0 radical (unpaired) electrons. The van der Waals surface area contributed by atoms with E-state index in [0.29, 0.717) is 12.5 Å². The fourth-order valence-electron chi connectivity index (χ4n) is 3.21. The predicted octanol–water partition coefficient (Wildman–Crippen LogP) is 1.93. The van der Waals surface area contributed by atoms with E-state index in [2.05, 4.69) is 32.0 Å².